The van der Waals surface area contributed by atoms with E-state index < -0.39 is 0 Å². The summed E-state index contributed by atoms with van der Waals surface area (Å²) in [5.41, 5.74) is 6.89. The first-order valence-electron chi connectivity index (χ1n) is 5.61. The smallest absolute Gasteiger partial charge is 0.225 e. The number of carbonyl (C=O) groups excluding carboxylic acids is 1. The molecule has 0 saturated heterocycles. The molecule has 104 valence electrons. The first kappa shape index (κ1) is 17.6. The van der Waals surface area contributed by atoms with Gasteiger partial charge in [0.1, 0.15) is 5.01 Å². The van der Waals surface area contributed by atoms with Crippen molar-refractivity contribution in [2.45, 2.75) is 38.8 Å². The van der Waals surface area contributed by atoms with Gasteiger partial charge in [-0.1, -0.05) is 6.42 Å². The molecule has 1 aromatic heterocycles. The Kier molecular flexibility index (Phi) is 7.78. The third kappa shape index (κ3) is 4.39. The lowest BCUT2D eigenvalue weighted by Gasteiger charge is -2.14. The Hall–Kier alpha value is -0.360. The maximum Gasteiger partial charge on any atom is 0.225 e. The van der Waals surface area contributed by atoms with Gasteiger partial charge in [-0.15, -0.1) is 36.2 Å². The van der Waals surface area contributed by atoms with Gasteiger partial charge in [-0.25, -0.2) is 4.98 Å². The van der Waals surface area contributed by atoms with Gasteiger partial charge >= 0.3 is 0 Å². The van der Waals surface area contributed by atoms with Gasteiger partial charge in [-0.3, -0.25) is 4.79 Å². The van der Waals surface area contributed by atoms with Crippen molar-refractivity contribution >= 4 is 42.1 Å². The molecule has 3 N–H and O–H groups in total. The molecule has 1 fully saturated rings. The van der Waals surface area contributed by atoms with Crippen molar-refractivity contribution in [3.05, 3.63) is 16.1 Å². The first-order chi connectivity index (χ1) is 7.66. The number of aryl methyl sites for hydroxylation is 1. The van der Waals surface area contributed by atoms with Gasteiger partial charge in [0.2, 0.25) is 5.91 Å². The monoisotopic (exact) mass is 311 g/mol. The molecule has 0 aromatic carbocycles. The van der Waals surface area contributed by atoms with Gasteiger partial charge in [0.25, 0.3) is 0 Å². The summed E-state index contributed by atoms with van der Waals surface area (Å²) in [6, 6.07) is 0.0398. The fourth-order valence-electron chi connectivity index (χ4n) is 2.09. The molecule has 1 aliphatic rings. The molecule has 1 amide bonds. The molecule has 1 heterocycles. The number of carbonyl (C=O) groups is 1. The van der Waals surface area contributed by atoms with Crippen LogP contribution in [0.25, 0.3) is 0 Å². The topological polar surface area (TPSA) is 68.0 Å². The van der Waals surface area contributed by atoms with Gasteiger partial charge in [-0.05, 0) is 19.8 Å². The Morgan fingerprint density at radius 3 is 2.78 bits per heavy atom. The zero-order valence-corrected chi connectivity index (χ0v) is 12.7. The minimum absolute atomic E-state index is 0. The van der Waals surface area contributed by atoms with E-state index in [1.54, 1.807) is 11.3 Å². The summed E-state index contributed by atoms with van der Waals surface area (Å²) in [5.74, 6) is 0.0823. The van der Waals surface area contributed by atoms with E-state index in [-0.39, 0.29) is 42.7 Å². The molecule has 2 rings (SSSR count). The van der Waals surface area contributed by atoms with Crippen molar-refractivity contribution in [1.29, 1.82) is 0 Å². The lowest BCUT2D eigenvalue weighted by Crippen LogP contribution is -2.38. The number of rotatable bonds is 3. The molecular formula is C11H19Cl2N3OS. The largest absolute Gasteiger partial charge is 0.349 e. The number of halogens is 2. The average molecular weight is 312 g/mol. The molecule has 1 aromatic rings. The van der Waals surface area contributed by atoms with Crippen LogP contribution in [-0.2, 0) is 11.3 Å². The highest BCUT2D eigenvalue weighted by molar-refractivity contribution is 7.09. The van der Waals surface area contributed by atoms with Crippen molar-refractivity contribution < 1.29 is 4.79 Å². The summed E-state index contributed by atoms with van der Waals surface area (Å²) in [5, 5.41) is 5.86. The molecule has 0 spiro atoms. The van der Waals surface area contributed by atoms with Crippen LogP contribution in [0.5, 0.6) is 0 Å². The number of amides is 1. The number of hydrogen-bond donors (Lipinski definition) is 2. The quantitative estimate of drug-likeness (QED) is 0.897. The van der Waals surface area contributed by atoms with Crippen molar-refractivity contribution in [2.75, 3.05) is 0 Å². The molecule has 7 heteroatoms. The highest BCUT2D eigenvalue weighted by Gasteiger charge is 2.29. The SMILES string of the molecule is Cc1csc(CNC(=O)C2CCCC2N)n1.Cl.Cl. The second-order valence-electron chi connectivity index (χ2n) is 4.30. The zero-order chi connectivity index (χ0) is 11.5. The van der Waals surface area contributed by atoms with Crippen LogP contribution in [0, 0.1) is 12.8 Å². The molecule has 1 saturated carbocycles. The van der Waals surface area contributed by atoms with Gasteiger partial charge in [0, 0.05) is 17.1 Å². The summed E-state index contributed by atoms with van der Waals surface area (Å²) in [6.07, 6.45) is 2.95. The molecule has 1 aliphatic carbocycles. The minimum atomic E-state index is 0. The van der Waals surface area contributed by atoms with E-state index in [0.717, 1.165) is 30.0 Å². The predicted molar refractivity (Wildman–Crippen MR) is 78.5 cm³/mol. The molecule has 2 unspecified atom stereocenters. The average Bonchev–Trinajstić information content (AvgIpc) is 2.84. The lowest BCUT2D eigenvalue weighted by molar-refractivity contribution is -0.125. The van der Waals surface area contributed by atoms with E-state index in [1.807, 2.05) is 12.3 Å². The van der Waals surface area contributed by atoms with E-state index in [0.29, 0.717) is 6.54 Å². The van der Waals surface area contributed by atoms with Crippen LogP contribution in [0.3, 0.4) is 0 Å². The van der Waals surface area contributed by atoms with Crippen LogP contribution in [0.2, 0.25) is 0 Å². The molecule has 4 nitrogen and oxygen atoms in total. The van der Waals surface area contributed by atoms with Crippen LogP contribution in [0.1, 0.15) is 30.0 Å². The molecular weight excluding hydrogens is 293 g/mol. The Morgan fingerprint density at radius 1 is 1.56 bits per heavy atom. The van der Waals surface area contributed by atoms with Gasteiger partial charge in [-0.2, -0.15) is 0 Å². The van der Waals surface area contributed by atoms with E-state index in [1.165, 1.54) is 0 Å². The Balaban J connectivity index is 0.00000144. The van der Waals surface area contributed by atoms with E-state index in [2.05, 4.69) is 10.3 Å². The molecule has 0 aliphatic heterocycles. The van der Waals surface area contributed by atoms with Crippen LogP contribution >= 0.6 is 36.2 Å². The Labute approximate surface area is 124 Å². The third-order valence-corrected chi connectivity index (χ3v) is 3.95. The van der Waals surface area contributed by atoms with Crippen LogP contribution in [-0.4, -0.2) is 16.9 Å². The number of nitrogens with zero attached hydrogens (tertiary/aromatic N) is 1. The van der Waals surface area contributed by atoms with Crippen LogP contribution in [0.15, 0.2) is 5.38 Å². The van der Waals surface area contributed by atoms with E-state index >= 15 is 0 Å². The molecule has 0 bridgehead atoms. The standard InChI is InChI=1S/C11H17N3OS.2ClH/c1-7-6-16-10(14-7)5-13-11(15)8-3-2-4-9(8)12;;/h6,8-9H,2-5,12H2,1H3,(H,13,15);2*1H. The van der Waals surface area contributed by atoms with Gasteiger partial charge in [0.05, 0.1) is 12.5 Å². The summed E-state index contributed by atoms with van der Waals surface area (Å²) >= 11 is 1.58. The highest BCUT2D eigenvalue weighted by atomic mass is 35.5. The summed E-state index contributed by atoms with van der Waals surface area (Å²) in [6.45, 7) is 2.48. The number of hydrogen-bond acceptors (Lipinski definition) is 4. The Morgan fingerprint density at radius 2 is 2.28 bits per heavy atom. The third-order valence-electron chi connectivity index (χ3n) is 2.99. The number of thiazole rings is 1. The normalized spacial score (nSPS) is 21.9. The molecule has 0 radical (unpaired) electrons. The van der Waals surface area contributed by atoms with E-state index in [4.69, 9.17) is 5.73 Å². The highest BCUT2D eigenvalue weighted by Crippen LogP contribution is 2.24. The first-order valence-corrected chi connectivity index (χ1v) is 6.49. The number of aromatic nitrogens is 1. The second-order valence-corrected chi connectivity index (χ2v) is 5.24. The zero-order valence-electron chi connectivity index (χ0n) is 10.2. The fraction of sp³-hybridized carbons (Fsp3) is 0.636. The lowest BCUT2D eigenvalue weighted by atomic mass is 10.0. The number of nitrogens with two attached hydrogens (primary N) is 1. The number of nitrogens with one attached hydrogen (secondary N) is 1. The van der Waals surface area contributed by atoms with Crippen molar-refractivity contribution in [2.24, 2.45) is 11.7 Å². The van der Waals surface area contributed by atoms with Gasteiger partial charge < -0.3 is 11.1 Å². The summed E-state index contributed by atoms with van der Waals surface area (Å²) in [4.78, 5) is 16.1. The summed E-state index contributed by atoms with van der Waals surface area (Å²) in [7, 11) is 0. The summed E-state index contributed by atoms with van der Waals surface area (Å²) < 4.78 is 0. The minimum Gasteiger partial charge on any atom is -0.349 e. The van der Waals surface area contributed by atoms with Gasteiger partial charge in [0.15, 0.2) is 0 Å². The van der Waals surface area contributed by atoms with Crippen molar-refractivity contribution in [1.82, 2.24) is 10.3 Å². The maximum absolute atomic E-state index is 11.8. The van der Waals surface area contributed by atoms with Crippen LogP contribution < -0.4 is 11.1 Å². The molecule has 2 atom stereocenters. The van der Waals surface area contributed by atoms with Crippen molar-refractivity contribution in [3.8, 4) is 0 Å². The second kappa shape index (κ2) is 7.94. The molecule has 18 heavy (non-hydrogen) atoms. The predicted octanol–water partition coefficient (Wildman–Crippen LogP) is 2.04. The van der Waals surface area contributed by atoms with E-state index in [9.17, 15) is 4.79 Å². The fourth-order valence-corrected chi connectivity index (χ4v) is 2.80. The van der Waals surface area contributed by atoms with Crippen molar-refractivity contribution in [3.63, 3.8) is 0 Å². The maximum atomic E-state index is 11.8. The Bertz CT molecular complexity index is 386. The van der Waals surface area contributed by atoms with Crippen LogP contribution in [0.4, 0.5) is 0 Å².